The highest BCUT2D eigenvalue weighted by Gasteiger charge is 2.01. The van der Waals surface area contributed by atoms with Gasteiger partial charge in [-0.2, -0.15) is 0 Å². The zero-order valence-corrected chi connectivity index (χ0v) is 18.6. The van der Waals surface area contributed by atoms with E-state index in [9.17, 15) is 0 Å². The molecule has 0 radical (unpaired) electrons. The molecule has 1 aromatic carbocycles. The molecule has 3 rings (SSSR count). The number of ether oxygens (including phenoxy) is 2. The zero-order valence-electron chi connectivity index (χ0n) is 17.8. The van der Waals surface area contributed by atoms with E-state index in [1.807, 2.05) is 36.4 Å². The third-order valence-electron chi connectivity index (χ3n) is 4.46. The molecule has 3 aromatic rings. The SMILES string of the molecule is c1ccc(COCCOCCCNC(=NCc2cccs2)NCCc2ccco2)cc1. The number of hydrogen-bond donors (Lipinski definition) is 2. The fourth-order valence-electron chi connectivity index (χ4n) is 2.86. The van der Waals surface area contributed by atoms with E-state index in [0.29, 0.717) is 33.0 Å². The van der Waals surface area contributed by atoms with E-state index < -0.39 is 0 Å². The molecule has 0 spiro atoms. The van der Waals surface area contributed by atoms with E-state index in [4.69, 9.17) is 13.9 Å². The minimum Gasteiger partial charge on any atom is -0.469 e. The molecule has 0 aliphatic heterocycles. The number of nitrogens with zero attached hydrogens (tertiary/aromatic N) is 1. The van der Waals surface area contributed by atoms with Gasteiger partial charge in [-0.15, -0.1) is 11.3 Å². The van der Waals surface area contributed by atoms with Crippen LogP contribution in [0.15, 0.2) is 75.7 Å². The van der Waals surface area contributed by atoms with E-state index >= 15 is 0 Å². The summed E-state index contributed by atoms with van der Waals surface area (Å²) in [4.78, 5) is 5.93. The number of guanidine groups is 1. The summed E-state index contributed by atoms with van der Waals surface area (Å²) in [5.74, 6) is 1.78. The van der Waals surface area contributed by atoms with Gasteiger partial charge in [0.2, 0.25) is 0 Å². The van der Waals surface area contributed by atoms with Crippen LogP contribution in [0.1, 0.15) is 22.6 Å². The average Bonchev–Trinajstić information content (AvgIpc) is 3.51. The maximum atomic E-state index is 5.67. The lowest BCUT2D eigenvalue weighted by atomic mass is 10.2. The Hall–Kier alpha value is -2.61. The molecule has 2 N–H and O–H groups in total. The maximum absolute atomic E-state index is 5.67. The Labute approximate surface area is 188 Å². The van der Waals surface area contributed by atoms with Gasteiger partial charge in [-0.25, -0.2) is 4.99 Å². The van der Waals surface area contributed by atoms with Gasteiger partial charge in [0.1, 0.15) is 5.76 Å². The van der Waals surface area contributed by atoms with Crippen molar-refractivity contribution in [3.63, 3.8) is 0 Å². The Morgan fingerprint density at radius 1 is 0.903 bits per heavy atom. The number of hydrogen-bond acceptors (Lipinski definition) is 5. The molecule has 0 saturated heterocycles. The second kappa shape index (κ2) is 14.4. The molecule has 31 heavy (non-hydrogen) atoms. The van der Waals surface area contributed by atoms with Crippen molar-refractivity contribution in [2.45, 2.75) is 26.0 Å². The third kappa shape index (κ3) is 9.83. The molecule has 0 aliphatic rings. The molecule has 6 nitrogen and oxygen atoms in total. The van der Waals surface area contributed by atoms with Crippen LogP contribution >= 0.6 is 11.3 Å². The zero-order chi connectivity index (χ0) is 21.4. The van der Waals surface area contributed by atoms with Crippen molar-refractivity contribution in [1.82, 2.24) is 10.6 Å². The average molecular weight is 442 g/mol. The summed E-state index contributed by atoms with van der Waals surface area (Å²) in [7, 11) is 0. The van der Waals surface area contributed by atoms with Gasteiger partial charge in [0, 0.05) is 31.0 Å². The summed E-state index contributed by atoms with van der Waals surface area (Å²) in [6.45, 7) is 4.74. The van der Waals surface area contributed by atoms with Crippen molar-refractivity contribution in [3.05, 3.63) is 82.4 Å². The Bertz CT molecular complexity index is 836. The van der Waals surface area contributed by atoms with Gasteiger partial charge in [0.15, 0.2) is 5.96 Å². The van der Waals surface area contributed by atoms with Crippen molar-refractivity contribution in [1.29, 1.82) is 0 Å². The van der Waals surface area contributed by atoms with Crippen molar-refractivity contribution in [3.8, 4) is 0 Å². The van der Waals surface area contributed by atoms with E-state index in [1.54, 1.807) is 17.6 Å². The number of furan rings is 1. The van der Waals surface area contributed by atoms with E-state index in [2.05, 4.69) is 39.2 Å². The molecule has 7 heteroatoms. The summed E-state index contributed by atoms with van der Waals surface area (Å²) in [5.41, 5.74) is 1.18. The van der Waals surface area contributed by atoms with Crippen molar-refractivity contribution < 1.29 is 13.9 Å². The summed E-state index contributed by atoms with van der Waals surface area (Å²) in [5, 5.41) is 8.84. The number of aliphatic imine (C=N–C) groups is 1. The molecule has 2 heterocycles. The monoisotopic (exact) mass is 441 g/mol. The first-order valence-corrected chi connectivity index (χ1v) is 11.5. The van der Waals surface area contributed by atoms with Crippen molar-refractivity contribution in [2.75, 3.05) is 32.9 Å². The second-order valence-corrected chi connectivity index (χ2v) is 7.96. The van der Waals surface area contributed by atoms with Crippen LogP contribution in [0.2, 0.25) is 0 Å². The Morgan fingerprint density at radius 2 is 1.77 bits per heavy atom. The second-order valence-electron chi connectivity index (χ2n) is 6.93. The van der Waals surface area contributed by atoms with Crippen LogP contribution in [-0.4, -0.2) is 38.9 Å². The summed E-state index contributed by atoms with van der Waals surface area (Å²) < 4.78 is 16.7. The van der Waals surface area contributed by atoms with Gasteiger partial charge >= 0.3 is 0 Å². The molecule has 0 atom stereocenters. The fourth-order valence-corrected chi connectivity index (χ4v) is 3.49. The minimum atomic E-state index is 0.601. The predicted molar refractivity (Wildman–Crippen MR) is 125 cm³/mol. The van der Waals surface area contributed by atoms with Crippen LogP contribution in [0, 0.1) is 0 Å². The van der Waals surface area contributed by atoms with Crippen LogP contribution in [0.3, 0.4) is 0 Å². The summed E-state index contributed by atoms with van der Waals surface area (Å²) >= 11 is 1.72. The fraction of sp³-hybridized carbons (Fsp3) is 0.375. The lowest BCUT2D eigenvalue weighted by Crippen LogP contribution is -2.39. The topological polar surface area (TPSA) is 68.0 Å². The Balaban J connectivity index is 1.27. The minimum absolute atomic E-state index is 0.601. The van der Waals surface area contributed by atoms with Crippen LogP contribution < -0.4 is 10.6 Å². The first-order valence-electron chi connectivity index (χ1n) is 10.7. The molecular formula is C24H31N3O3S. The predicted octanol–water partition coefficient (Wildman–Crippen LogP) is 4.24. The molecule has 0 bridgehead atoms. The highest BCUT2D eigenvalue weighted by Crippen LogP contribution is 2.09. The standard InChI is InChI=1S/C24H31N3O3S/c1-2-7-21(8-3-1)20-29-17-16-28-14-6-12-25-24(27-19-23-10-5-18-31-23)26-13-11-22-9-4-15-30-22/h1-5,7-10,15,18H,6,11-14,16-17,19-20H2,(H2,25,26,27). The van der Waals surface area contributed by atoms with E-state index in [-0.39, 0.29) is 0 Å². The molecule has 0 aliphatic carbocycles. The molecule has 0 saturated carbocycles. The summed E-state index contributed by atoms with van der Waals surface area (Å²) in [6, 6.07) is 18.2. The Kier molecular flexibility index (Phi) is 10.7. The number of nitrogens with one attached hydrogen (secondary N) is 2. The van der Waals surface area contributed by atoms with Gasteiger partial charge < -0.3 is 24.5 Å². The first-order chi connectivity index (χ1) is 15.4. The quantitative estimate of drug-likeness (QED) is 0.222. The van der Waals surface area contributed by atoms with Crippen LogP contribution in [0.5, 0.6) is 0 Å². The van der Waals surface area contributed by atoms with Crippen LogP contribution in [-0.2, 0) is 29.0 Å². The molecule has 2 aromatic heterocycles. The lowest BCUT2D eigenvalue weighted by Gasteiger charge is -2.12. The van der Waals surface area contributed by atoms with Crippen LogP contribution in [0.25, 0.3) is 0 Å². The highest BCUT2D eigenvalue weighted by molar-refractivity contribution is 7.09. The van der Waals surface area contributed by atoms with Gasteiger partial charge in [-0.1, -0.05) is 36.4 Å². The van der Waals surface area contributed by atoms with Crippen molar-refractivity contribution in [2.24, 2.45) is 4.99 Å². The molecule has 0 fully saturated rings. The number of thiophene rings is 1. The lowest BCUT2D eigenvalue weighted by molar-refractivity contribution is 0.0401. The molecular weight excluding hydrogens is 410 g/mol. The summed E-state index contributed by atoms with van der Waals surface area (Å²) in [6.07, 6.45) is 3.42. The van der Waals surface area contributed by atoms with Crippen molar-refractivity contribution >= 4 is 17.3 Å². The highest BCUT2D eigenvalue weighted by atomic mass is 32.1. The number of rotatable bonds is 14. The van der Waals surface area contributed by atoms with Crippen LogP contribution in [0.4, 0.5) is 0 Å². The molecule has 0 amide bonds. The Morgan fingerprint density at radius 3 is 2.58 bits per heavy atom. The van der Waals surface area contributed by atoms with Gasteiger partial charge in [-0.3, -0.25) is 0 Å². The maximum Gasteiger partial charge on any atom is 0.191 e. The van der Waals surface area contributed by atoms with Gasteiger partial charge in [-0.05, 0) is 35.6 Å². The molecule has 166 valence electrons. The molecule has 0 unspecified atom stereocenters. The van der Waals surface area contributed by atoms with Gasteiger partial charge in [0.25, 0.3) is 0 Å². The smallest absolute Gasteiger partial charge is 0.191 e. The largest absolute Gasteiger partial charge is 0.469 e. The van der Waals surface area contributed by atoms with Gasteiger partial charge in [0.05, 0.1) is 32.6 Å². The van der Waals surface area contributed by atoms with E-state index in [1.165, 1.54) is 10.4 Å². The first kappa shape index (κ1) is 23.1. The normalized spacial score (nSPS) is 11.5. The van der Waals surface area contributed by atoms with E-state index in [0.717, 1.165) is 37.7 Å². The number of benzene rings is 1. The third-order valence-corrected chi connectivity index (χ3v) is 5.32.